The number of nitrogens with one attached hydrogen (secondary N) is 1. The van der Waals surface area contributed by atoms with Crippen molar-refractivity contribution < 1.29 is 9.90 Å². The standard InChI is InChI=1S/C14H18N2O.C8H10N4O2.C8H9NO2/c1-10(2)13-11(3)15(4)16(14(13)17)12-8-6-5-7-9-12;1-10-4-9-6-5(10)7(13)12(3)8(14)11(6)2;1-6(10)9-7-2-4-8(11)5-3-7/h5-10H,1-4H3;4H,1-3H3;2-5,11H,1H3,(H,9,10). The van der Waals surface area contributed by atoms with E-state index in [0.717, 1.165) is 21.5 Å². The zero-order valence-corrected chi connectivity index (χ0v) is 25.1. The van der Waals surface area contributed by atoms with Crippen molar-refractivity contribution in [1.29, 1.82) is 0 Å². The average molecular weight is 576 g/mol. The second-order valence-electron chi connectivity index (χ2n) is 10.1. The predicted molar refractivity (Wildman–Crippen MR) is 163 cm³/mol. The van der Waals surface area contributed by atoms with E-state index in [4.69, 9.17) is 5.11 Å². The second kappa shape index (κ2) is 13.0. The van der Waals surface area contributed by atoms with Gasteiger partial charge in [-0.1, -0.05) is 32.0 Å². The molecule has 0 aliphatic rings. The van der Waals surface area contributed by atoms with E-state index in [-0.39, 0.29) is 34.4 Å². The maximum atomic E-state index is 12.4. The molecule has 0 aliphatic heterocycles. The topological polar surface area (TPSA) is 138 Å². The van der Waals surface area contributed by atoms with E-state index in [0.29, 0.717) is 16.9 Å². The van der Waals surface area contributed by atoms with Crippen molar-refractivity contribution >= 4 is 22.8 Å². The zero-order valence-electron chi connectivity index (χ0n) is 25.1. The molecule has 2 aromatic carbocycles. The van der Waals surface area contributed by atoms with Crippen LogP contribution in [0.15, 0.2) is 75.3 Å². The number of fused-ring (bicyclic) bond motifs is 1. The molecule has 222 valence electrons. The molecule has 3 heterocycles. The van der Waals surface area contributed by atoms with Crippen molar-refractivity contribution in [1.82, 2.24) is 28.0 Å². The van der Waals surface area contributed by atoms with Crippen LogP contribution in [0.2, 0.25) is 0 Å². The van der Waals surface area contributed by atoms with Gasteiger partial charge in [-0.3, -0.25) is 28.2 Å². The molecule has 0 atom stereocenters. The number of benzene rings is 2. The van der Waals surface area contributed by atoms with Gasteiger partial charge in [0.15, 0.2) is 11.2 Å². The maximum Gasteiger partial charge on any atom is 0.332 e. The van der Waals surface area contributed by atoms with Crippen LogP contribution in [-0.4, -0.2) is 39.1 Å². The van der Waals surface area contributed by atoms with E-state index in [1.807, 2.05) is 49.0 Å². The van der Waals surface area contributed by atoms with Crippen LogP contribution >= 0.6 is 0 Å². The Morgan fingerprint density at radius 3 is 2.00 bits per heavy atom. The summed E-state index contributed by atoms with van der Waals surface area (Å²) in [6, 6.07) is 16.0. The van der Waals surface area contributed by atoms with Crippen LogP contribution in [0.5, 0.6) is 5.75 Å². The minimum Gasteiger partial charge on any atom is -0.508 e. The average Bonchev–Trinajstić information content (AvgIpc) is 3.44. The van der Waals surface area contributed by atoms with E-state index >= 15 is 0 Å². The Labute approximate surface area is 242 Å². The van der Waals surface area contributed by atoms with Gasteiger partial charge in [-0.25, -0.2) is 14.5 Å². The third kappa shape index (κ3) is 6.60. The molecule has 0 aliphatic carbocycles. The lowest BCUT2D eigenvalue weighted by molar-refractivity contribution is -0.114. The third-order valence-electron chi connectivity index (χ3n) is 6.68. The molecule has 3 aromatic heterocycles. The third-order valence-corrected chi connectivity index (χ3v) is 6.68. The molecule has 12 heteroatoms. The largest absolute Gasteiger partial charge is 0.508 e. The highest BCUT2D eigenvalue weighted by atomic mass is 16.3. The molecular weight excluding hydrogens is 538 g/mol. The molecule has 12 nitrogen and oxygen atoms in total. The summed E-state index contributed by atoms with van der Waals surface area (Å²) in [6.45, 7) is 7.54. The Hall–Kier alpha value is -5.13. The lowest BCUT2D eigenvalue weighted by atomic mass is 10.0. The van der Waals surface area contributed by atoms with Crippen LogP contribution in [0.25, 0.3) is 16.9 Å². The molecule has 2 N–H and O–H groups in total. The number of para-hydroxylation sites is 1. The molecule has 0 radical (unpaired) electrons. The summed E-state index contributed by atoms with van der Waals surface area (Å²) in [7, 11) is 6.70. The van der Waals surface area contributed by atoms with E-state index in [2.05, 4.69) is 24.1 Å². The van der Waals surface area contributed by atoms with Crippen molar-refractivity contribution in [2.45, 2.75) is 33.6 Å². The number of hydrogen-bond donors (Lipinski definition) is 2. The summed E-state index contributed by atoms with van der Waals surface area (Å²) < 4.78 is 7.69. The molecule has 0 fully saturated rings. The van der Waals surface area contributed by atoms with E-state index < -0.39 is 0 Å². The second-order valence-corrected chi connectivity index (χ2v) is 10.1. The summed E-state index contributed by atoms with van der Waals surface area (Å²) in [5.74, 6) is 0.327. The number of aromatic nitrogens is 6. The number of phenolic OH excluding ortho intramolecular Hbond substituents is 1. The van der Waals surface area contributed by atoms with E-state index in [1.54, 1.807) is 35.5 Å². The smallest absolute Gasteiger partial charge is 0.332 e. The van der Waals surface area contributed by atoms with Crippen molar-refractivity contribution in [2.75, 3.05) is 5.32 Å². The summed E-state index contributed by atoms with van der Waals surface area (Å²) in [4.78, 5) is 50.1. The molecule has 0 bridgehead atoms. The first-order valence-corrected chi connectivity index (χ1v) is 13.2. The minimum absolute atomic E-state index is 0.0891. The molecule has 0 spiro atoms. The van der Waals surface area contributed by atoms with Gasteiger partial charge in [0, 0.05) is 52.1 Å². The lowest BCUT2D eigenvalue weighted by Gasteiger charge is -2.07. The van der Waals surface area contributed by atoms with Crippen LogP contribution in [0.3, 0.4) is 0 Å². The number of aromatic hydroxyl groups is 1. The van der Waals surface area contributed by atoms with Crippen LogP contribution in [0.1, 0.15) is 37.9 Å². The number of anilines is 1. The summed E-state index contributed by atoms with van der Waals surface area (Å²) in [6.07, 6.45) is 1.52. The number of carbonyl (C=O) groups excluding carboxylic acids is 1. The van der Waals surface area contributed by atoms with Gasteiger partial charge in [0.1, 0.15) is 5.75 Å². The summed E-state index contributed by atoms with van der Waals surface area (Å²) in [5.41, 5.74) is 3.81. The quantitative estimate of drug-likeness (QED) is 0.317. The first kappa shape index (κ1) is 31.4. The van der Waals surface area contributed by atoms with E-state index in [9.17, 15) is 19.2 Å². The summed E-state index contributed by atoms with van der Waals surface area (Å²) >= 11 is 0. The fourth-order valence-electron chi connectivity index (χ4n) is 4.47. The van der Waals surface area contributed by atoms with Gasteiger partial charge in [-0.2, -0.15) is 0 Å². The van der Waals surface area contributed by atoms with Gasteiger partial charge >= 0.3 is 5.69 Å². The van der Waals surface area contributed by atoms with Crippen molar-refractivity contribution in [2.24, 2.45) is 28.2 Å². The highest BCUT2D eigenvalue weighted by Crippen LogP contribution is 2.17. The number of aryl methyl sites for hydroxylation is 2. The van der Waals surface area contributed by atoms with Crippen LogP contribution in [-0.2, 0) is 33.0 Å². The Morgan fingerprint density at radius 1 is 0.881 bits per heavy atom. The zero-order chi connectivity index (χ0) is 31.3. The fourth-order valence-corrected chi connectivity index (χ4v) is 4.47. The normalized spacial score (nSPS) is 10.6. The van der Waals surface area contributed by atoms with Gasteiger partial charge in [-0.05, 0) is 49.2 Å². The number of nitrogens with zero attached hydrogens (tertiary/aromatic N) is 6. The summed E-state index contributed by atoms with van der Waals surface area (Å²) in [5, 5.41) is 11.5. The van der Waals surface area contributed by atoms with Crippen molar-refractivity contribution in [3.63, 3.8) is 0 Å². The first-order valence-electron chi connectivity index (χ1n) is 13.2. The Balaban J connectivity index is 0.000000177. The highest BCUT2D eigenvalue weighted by Gasteiger charge is 2.18. The number of rotatable bonds is 3. The molecule has 0 unspecified atom stereocenters. The van der Waals surface area contributed by atoms with E-state index in [1.165, 1.54) is 37.0 Å². The minimum atomic E-state index is -0.360. The van der Waals surface area contributed by atoms with Crippen molar-refractivity contribution in [3.05, 3.63) is 103 Å². The number of hydrogen-bond acceptors (Lipinski definition) is 6. The predicted octanol–water partition coefficient (Wildman–Crippen LogP) is 2.93. The molecule has 5 aromatic rings. The number of imidazole rings is 1. The van der Waals surface area contributed by atoms with Crippen LogP contribution in [0.4, 0.5) is 5.69 Å². The van der Waals surface area contributed by atoms with Gasteiger partial charge in [0.25, 0.3) is 11.1 Å². The van der Waals surface area contributed by atoms with Crippen LogP contribution < -0.4 is 22.1 Å². The lowest BCUT2D eigenvalue weighted by Crippen LogP contribution is -2.37. The Morgan fingerprint density at radius 2 is 1.48 bits per heavy atom. The Kier molecular flexibility index (Phi) is 9.74. The number of phenols is 1. The number of amides is 1. The molecule has 5 rings (SSSR count). The molecular formula is C30H37N7O5. The van der Waals surface area contributed by atoms with Crippen molar-refractivity contribution in [3.8, 4) is 11.4 Å². The van der Waals surface area contributed by atoms with Crippen LogP contribution in [0, 0.1) is 6.92 Å². The number of carbonyl (C=O) groups is 1. The maximum absolute atomic E-state index is 12.4. The first-order chi connectivity index (χ1) is 19.8. The van der Waals surface area contributed by atoms with Gasteiger partial charge in [-0.15, -0.1) is 0 Å². The molecule has 1 amide bonds. The SMILES string of the molecule is CC(=O)Nc1ccc(O)cc1.Cc1c(C(C)C)c(=O)n(-c2ccccc2)n1C.Cn1c(=O)c2c(ncn2C)n(C)c1=O. The highest BCUT2D eigenvalue weighted by molar-refractivity contribution is 5.88. The molecule has 0 saturated carbocycles. The van der Waals surface area contributed by atoms with Gasteiger partial charge in [0.2, 0.25) is 5.91 Å². The van der Waals surface area contributed by atoms with Gasteiger partial charge in [0.05, 0.1) is 12.0 Å². The molecule has 42 heavy (non-hydrogen) atoms. The molecule has 0 saturated heterocycles. The Bertz CT molecular complexity index is 1870. The monoisotopic (exact) mass is 575 g/mol. The fraction of sp³-hybridized carbons (Fsp3) is 0.300. The van der Waals surface area contributed by atoms with Gasteiger partial charge < -0.3 is 15.0 Å².